The molecule has 0 aliphatic heterocycles. The number of carbonyl (C=O) groups excluding carboxylic acids is 1. The van der Waals surface area contributed by atoms with Crippen LogP contribution in [-0.4, -0.2) is 26.6 Å². The molecule has 1 atom stereocenters. The van der Waals surface area contributed by atoms with E-state index in [0.29, 0.717) is 12.8 Å². The normalized spacial score (nSPS) is 12.8. The molecule has 0 aliphatic carbocycles. The number of hydrogen-bond acceptors (Lipinski definition) is 4. The highest BCUT2D eigenvalue weighted by molar-refractivity contribution is 7.98. The number of sulfonamides is 1. The molecular weight excluding hydrogens is 392 g/mol. The largest absolute Gasteiger partial charge is 0.350 e. The summed E-state index contributed by atoms with van der Waals surface area (Å²) in [4.78, 5) is 13.7. The van der Waals surface area contributed by atoms with Gasteiger partial charge in [0.15, 0.2) is 0 Å². The predicted octanol–water partition coefficient (Wildman–Crippen LogP) is 3.91. The van der Waals surface area contributed by atoms with Gasteiger partial charge in [0.25, 0.3) is 0 Å². The van der Waals surface area contributed by atoms with Crippen LogP contribution in [0.3, 0.4) is 0 Å². The molecule has 0 bridgehead atoms. The van der Waals surface area contributed by atoms with Gasteiger partial charge in [0.1, 0.15) is 0 Å². The van der Waals surface area contributed by atoms with Gasteiger partial charge in [-0.3, -0.25) is 4.79 Å². The van der Waals surface area contributed by atoms with Gasteiger partial charge in [0.2, 0.25) is 15.9 Å². The van der Waals surface area contributed by atoms with Gasteiger partial charge in [-0.2, -0.15) is 0 Å². The van der Waals surface area contributed by atoms with Crippen LogP contribution >= 0.6 is 11.8 Å². The molecule has 0 fully saturated rings. The van der Waals surface area contributed by atoms with Crippen LogP contribution in [0.5, 0.6) is 0 Å². The second kappa shape index (κ2) is 10.1. The first-order chi connectivity index (χ1) is 13.2. The van der Waals surface area contributed by atoms with Crippen molar-refractivity contribution < 1.29 is 13.2 Å². The highest BCUT2D eigenvalue weighted by atomic mass is 32.2. The fraction of sp³-hybridized carbons (Fsp3) is 0.381. The van der Waals surface area contributed by atoms with Crippen LogP contribution in [-0.2, 0) is 21.2 Å². The van der Waals surface area contributed by atoms with Crippen LogP contribution < -0.4 is 10.0 Å². The van der Waals surface area contributed by atoms with E-state index < -0.39 is 10.0 Å². The minimum Gasteiger partial charge on any atom is -0.350 e. The van der Waals surface area contributed by atoms with Gasteiger partial charge >= 0.3 is 0 Å². The number of hydrogen-bond donors (Lipinski definition) is 2. The van der Waals surface area contributed by atoms with E-state index in [0.717, 1.165) is 11.1 Å². The zero-order chi connectivity index (χ0) is 20.7. The molecule has 152 valence electrons. The van der Waals surface area contributed by atoms with E-state index in [1.165, 1.54) is 4.90 Å². The minimum atomic E-state index is -3.49. The molecular formula is C21H28N2O3S2. The molecule has 2 aromatic rings. The molecule has 1 unspecified atom stereocenters. The van der Waals surface area contributed by atoms with E-state index in [4.69, 9.17) is 0 Å². The van der Waals surface area contributed by atoms with Crippen molar-refractivity contribution in [2.24, 2.45) is 0 Å². The van der Waals surface area contributed by atoms with Crippen LogP contribution in [0.25, 0.3) is 0 Å². The smallest absolute Gasteiger partial charge is 0.240 e. The van der Waals surface area contributed by atoms with Crippen LogP contribution in [0.15, 0.2) is 58.3 Å². The molecule has 28 heavy (non-hydrogen) atoms. The molecule has 1 amide bonds. The first-order valence-electron chi connectivity index (χ1n) is 9.26. The molecule has 7 heteroatoms. The Bertz CT molecular complexity index is 877. The second-order valence-electron chi connectivity index (χ2n) is 6.98. The summed E-state index contributed by atoms with van der Waals surface area (Å²) in [6.45, 7) is 5.53. The molecule has 0 saturated heterocycles. The van der Waals surface area contributed by atoms with Crippen LogP contribution in [0.4, 0.5) is 0 Å². The quantitative estimate of drug-likeness (QED) is 0.603. The molecule has 5 nitrogen and oxygen atoms in total. The molecule has 2 rings (SSSR count). The van der Waals surface area contributed by atoms with E-state index in [9.17, 15) is 13.2 Å². The SMILES string of the molecule is CSc1ccc(C(C)NC(=O)CCc2ccc(S(=O)(=O)NC(C)C)cc2)cc1. The summed E-state index contributed by atoms with van der Waals surface area (Å²) >= 11 is 1.69. The van der Waals surface area contributed by atoms with Gasteiger partial charge in [-0.05, 0) is 68.8 Å². The summed E-state index contributed by atoms with van der Waals surface area (Å²) in [5.41, 5.74) is 1.99. The zero-order valence-corrected chi connectivity index (χ0v) is 18.4. The third-order valence-electron chi connectivity index (χ3n) is 4.26. The van der Waals surface area contributed by atoms with E-state index in [1.54, 1.807) is 49.9 Å². The van der Waals surface area contributed by atoms with Crippen molar-refractivity contribution in [1.29, 1.82) is 0 Å². The summed E-state index contributed by atoms with van der Waals surface area (Å²) in [6.07, 6.45) is 2.94. The lowest BCUT2D eigenvalue weighted by Gasteiger charge is -2.15. The molecule has 0 saturated carbocycles. The summed E-state index contributed by atoms with van der Waals surface area (Å²) < 4.78 is 26.8. The number of nitrogens with one attached hydrogen (secondary N) is 2. The number of benzene rings is 2. The number of carbonyl (C=O) groups is 1. The molecule has 2 aromatic carbocycles. The third-order valence-corrected chi connectivity index (χ3v) is 6.68. The fourth-order valence-corrected chi connectivity index (χ4v) is 4.42. The predicted molar refractivity (Wildman–Crippen MR) is 115 cm³/mol. The second-order valence-corrected chi connectivity index (χ2v) is 9.58. The van der Waals surface area contributed by atoms with Crippen LogP contribution in [0.2, 0.25) is 0 Å². The summed E-state index contributed by atoms with van der Waals surface area (Å²) in [6, 6.07) is 14.6. The van der Waals surface area contributed by atoms with Crippen molar-refractivity contribution in [3.05, 3.63) is 59.7 Å². The Morgan fingerprint density at radius 1 is 1.00 bits per heavy atom. The highest BCUT2D eigenvalue weighted by Gasteiger charge is 2.15. The third kappa shape index (κ3) is 6.65. The lowest BCUT2D eigenvalue weighted by molar-refractivity contribution is -0.121. The summed E-state index contributed by atoms with van der Waals surface area (Å²) in [7, 11) is -3.49. The number of thioether (sulfide) groups is 1. The summed E-state index contributed by atoms with van der Waals surface area (Å²) in [5, 5.41) is 3.01. The average Bonchev–Trinajstić information content (AvgIpc) is 2.65. The van der Waals surface area contributed by atoms with Gasteiger partial charge < -0.3 is 5.32 Å². The first kappa shape index (κ1) is 22.5. The van der Waals surface area contributed by atoms with Gasteiger partial charge in [-0.1, -0.05) is 24.3 Å². The Morgan fingerprint density at radius 3 is 2.14 bits per heavy atom. The van der Waals surface area contributed by atoms with Crippen molar-refractivity contribution in [2.75, 3.05) is 6.26 Å². The first-order valence-corrected chi connectivity index (χ1v) is 12.0. The Morgan fingerprint density at radius 2 is 1.61 bits per heavy atom. The highest BCUT2D eigenvalue weighted by Crippen LogP contribution is 2.19. The van der Waals surface area contributed by atoms with Crippen molar-refractivity contribution in [1.82, 2.24) is 10.0 Å². The molecule has 0 radical (unpaired) electrons. The molecule has 0 spiro atoms. The average molecular weight is 421 g/mol. The minimum absolute atomic E-state index is 0.0281. The lowest BCUT2D eigenvalue weighted by Crippen LogP contribution is -2.30. The Kier molecular flexibility index (Phi) is 8.10. The van der Waals surface area contributed by atoms with E-state index >= 15 is 0 Å². The van der Waals surface area contributed by atoms with Gasteiger partial charge in [0, 0.05) is 17.4 Å². The maximum atomic E-state index is 12.2. The Hall–Kier alpha value is -1.83. The van der Waals surface area contributed by atoms with Crippen molar-refractivity contribution in [3.63, 3.8) is 0 Å². The molecule has 0 heterocycles. The van der Waals surface area contributed by atoms with Crippen LogP contribution in [0, 0.1) is 0 Å². The standard InChI is InChI=1S/C21H28N2O3S2/c1-15(2)23-28(25,26)20-12-5-17(6-13-20)7-14-21(24)22-16(3)18-8-10-19(27-4)11-9-18/h5-6,8-13,15-16,23H,7,14H2,1-4H3,(H,22,24). The van der Waals surface area contributed by atoms with Crippen molar-refractivity contribution >= 4 is 27.7 Å². The monoisotopic (exact) mass is 420 g/mol. The van der Waals surface area contributed by atoms with Gasteiger partial charge in [-0.25, -0.2) is 13.1 Å². The molecule has 0 aliphatic rings. The van der Waals surface area contributed by atoms with Crippen LogP contribution in [0.1, 0.15) is 44.4 Å². The topological polar surface area (TPSA) is 75.3 Å². The lowest BCUT2D eigenvalue weighted by atomic mass is 10.1. The Balaban J connectivity index is 1.88. The number of aryl methyl sites for hydroxylation is 1. The summed E-state index contributed by atoms with van der Waals surface area (Å²) in [5.74, 6) is -0.0281. The maximum Gasteiger partial charge on any atom is 0.240 e. The Labute approximate surface area is 172 Å². The number of amides is 1. The van der Waals surface area contributed by atoms with Gasteiger partial charge in [-0.15, -0.1) is 11.8 Å². The van der Waals surface area contributed by atoms with Crippen molar-refractivity contribution in [2.45, 2.75) is 55.5 Å². The zero-order valence-electron chi connectivity index (χ0n) is 16.7. The number of rotatable bonds is 9. The maximum absolute atomic E-state index is 12.2. The van der Waals surface area contributed by atoms with E-state index in [2.05, 4.69) is 10.0 Å². The molecule has 0 aromatic heterocycles. The van der Waals surface area contributed by atoms with Gasteiger partial charge in [0.05, 0.1) is 10.9 Å². The van der Waals surface area contributed by atoms with Crippen molar-refractivity contribution in [3.8, 4) is 0 Å². The van der Waals surface area contributed by atoms with E-state index in [1.807, 2.05) is 37.4 Å². The van der Waals surface area contributed by atoms with E-state index in [-0.39, 0.29) is 22.9 Å². The fourth-order valence-electron chi connectivity index (χ4n) is 2.76. The molecule has 2 N–H and O–H groups in total.